The Morgan fingerprint density at radius 3 is 2.06 bits per heavy atom. The minimum atomic E-state index is -4.31. The average Bonchev–Trinajstić information content (AvgIpc) is 2.80. The SMILES string of the molecule is O=C1NC(=O)N(c2ccc(F)cc2)C(=O)/C1=C/c1cc(Cl)c(OS(=O)(=O)c2ccc(Cl)cc2)c(Cl)c1. The topological polar surface area (TPSA) is 110 Å². The molecule has 4 rings (SSSR count). The van der Waals surface area contributed by atoms with Gasteiger partial charge in [0.15, 0.2) is 5.75 Å². The van der Waals surface area contributed by atoms with Crippen LogP contribution in [0.1, 0.15) is 5.56 Å². The lowest BCUT2D eigenvalue weighted by molar-refractivity contribution is -0.122. The normalized spacial score (nSPS) is 15.3. The fraction of sp³-hybridized carbons (Fsp3) is 0. The van der Waals surface area contributed by atoms with Crippen molar-refractivity contribution in [2.75, 3.05) is 4.90 Å². The molecular weight excluding hydrogens is 558 g/mol. The van der Waals surface area contributed by atoms with Gasteiger partial charge in [-0.2, -0.15) is 8.42 Å². The summed E-state index contributed by atoms with van der Waals surface area (Å²) in [6.45, 7) is 0. The van der Waals surface area contributed by atoms with Crippen LogP contribution in [0.4, 0.5) is 14.9 Å². The highest BCUT2D eigenvalue weighted by molar-refractivity contribution is 7.87. The standard InChI is InChI=1S/C23H12Cl3FN2O6S/c24-13-1-7-16(8-2-13)36(33,34)35-20-18(25)10-12(11-19(20)26)9-17-21(30)28-23(32)29(22(17)31)15-5-3-14(27)4-6-15/h1-11H,(H,28,30,32)/b17-9+. The van der Waals surface area contributed by atoms with Gasteiger partial charge >= 0.3 is 16.1 Å². The van der Waals surface area contributed by atoms with Gasteiger partial charge in [0.2, 0.25) is 0 Å². The summed E-state index contributed by atoms with van der Waals surface area (Å²) in [6, 6.07) is 11.1. The summed E-state index contributed by atoms with van der Waals surface area (Å²) in [5.41, 5.74) is -0.286. The Balaban J connectivity index is 1.66. The van der Waals surface area contributed by atoms with E-state index in [9.17, 15) is 27.2 Å². The molecule has 0 radical (unpaired) electrons. The lowest BCUT2D eigenvalue weighted by Gasteiger charge is -2.26. The zero-order chi connectivity index (χ0) is 26.2. The Kier molecular flexibility index (Phi) is 7.05. The first-order chi connectivity index (χ1) is 17.0. The third-order valence-corrected chi connectivity index (χ3v) is 6.86. The number of imide groups is 2. The van der Waals surface area contributed by atoms with Crippen molar-refractivity contribution in [2.45, 2.75) is 4.90 Å². The molecule has 1 N–H and O–H groups in total. The van der Waals surface area contributed by atoms with Crippen molar-refractivity contribution in [3.05, 3.63) is 92.7 Å². The van der Waals surface area contributed by atoms with Gasteiger partial charge in [0.1, 0.15) is 16.3 Å². The van der Waals surface area contributed by atoms with Gasteiger partial charge in [-0.1, -0.05) is 34.8 Å². The van der Waals surface area contributed by atoms with Gasteiger partial charge in [0.05, 0.1) is 15.7 Å². The van der Waals surface area contributed by atoms with Crippen LogP contribution in [0.5, 0.6) is 5.75 Å². The highest BCUT2D eigenvalue weighted by Crippen LogP contribution is 2.37. The maximum atomic E-state index is 13.3. The number of carbonyl (C=O) groups excluding carboxylic acids is 3. The van der Waals surface area contributed by atoms with Crippen LogP contribution in [-0.2, 0) is 19.7 Å². The molecule has 0 aliphatic carbocycles. The molecule has 0 saturated carbocycles. The molecule has 0 spiro atoms. The molecule has 1 aliphatic heterocycles. The highest BCUT2D eigenvalue weighted by atomic mass is 35.5. The first-order valence-electron chi connectivity index (χ1n) is 9.82. The first kappa shape index (κ1) is 25.6. The molecule has 36 heavy (non-hydrogen) atoms. The quantitative estimate of drug-likeness (QED) is 0.256. The molecule has 4 amide bonds. The lowest BCUT2D eigenvalue weighted by Crippen LogP contribution is -2.54. The van der Waals surface area contributed by atoms with E-state index in [0.717, 1.165) is 18.2 Å². The van der Waals surface area contributed by atoms with Crippen LogP contribution in [0.15, 0.2) is 71.1 Å². The van der Waals surface area contributed by atoms with Crippen molar-refractivity contribution in [3.63, 3.8) is 0 Å². The molecule has 8 nitrogen and oxygen atoms in total. The second-order valence-corrected chi connectivity index (χ2v) is 10.0. The van der Waals surface area contributed by atoms with Crippen molar-refractivity contribution in [3.8, 4) is 5.75 Å². The number of nitrogens with one attached hydrogen (secondary N) is 1. The van der Waals surface area contributed by atoms with Gasteiger partial charge in [0, 0.05) is 5.02 Å². The molecule has 13 heteroatoms. The first-order valence-corrected chi connectivity index (χ1v) is 12.4. The Bertz CT molecular complexity index is 1520. The van der Waals surface area contributed by atoms with E-state index in [1.807, 2.05) is 5.32 Å². The summed E-state index contributed by atoms with van der Waals surface area (Å²) in [5, 5.41) is 1.88. The van der Waals surface area contributed by atoms with E-state index >= 15 is 0 Å². The zero-order valence-electron chi connectivity index (χ0n) is 17.7. The summed E-state index contributed by atoms with van der Waals surface area (Å²) >= 11 is 18.2. The zero-order valence-corrected chi connectivity index (χ0v) is 20.8. The van der Waals surface area contributed by atoms with Crippen molar-refractivity contribution in [2.24, 2.45) is 0 Å². The number of carbonyl (C=O) groups is 3. The largest absolute Gasteiger partial charge is 0.376 e. The minimum absolute atomic E-state index is 0.0320. The van der Waals surface area contributed by atoms with Gasteiger partial charge in [-0.05, 0) is 72.3 Å². The number of rotatable bonds is 5. The molecular formula is C23H12Cl3FN2O6S. The number of amides is 4. The summed E-state index contributed by atoms with van der Waals surface area (Å²) in [7, 11) is -4.31. The average molecular weight is 570 g/mol. The minimum Gasteiger partial charge on any atom is -0.376 e. The molecule has 1 saturated heterocycles. The Hall–Kier alpha value is -3.44. The van der Waals surface area contributed by atoms with Gasteiger partial charge in [-0.15, -0.1) is 0 Å². The number of benzene rings is 3. The van der Waals surface area contributed by atoms with E-state index in [4.69, 9.17) is 39.0 Å². The van der Waals surface area contributed by atoms with Crippen LogP contribution in [-0.4, -0.2) is 26.3 Å². The third-order valence-electron chi connectivity index (χ3n) is 4.81. The molecule has 0 atom stereocenters. The fourth-order valence-corrected chi connectivity index (χ4v) is 4.91. The van der Waals surface area contributed by atoms with Gasteiger partial charge in [-0.25, -0.2) is 14.1 Å². The predicted octanol–water partition coefficient (Wildman–Crippen LogP) is 5.22. The van der Waals surface area contributed by atoms with Crippen LogP contribution >= 0.6 is 34.8 Å². The molecule has 0 aromatic heterocycles. The number of urea groups is 1. The maximum Gasteiger partial charge on any atom is 0.339 e. The molecule has 184 valence electrons. The van der Waals surface area contributed by atoms with E-state index in [-0.39, 0.29) is 31.9 Å². The van der Waals surface area contributed by atoms with Gasteiger partial charge in [0.25, 0.3) is 11.8 Å². The molecule has 0 bridgehead atoms. The summed E-state index contributed by atoms with van der Waals surface area (Å²) in [4.78, 5) is 38.0. The fourth-order valence-electron chi connectivity index (χ4n) is 3.15. The summed E-state index contributed by atoms with van der Waals surface area (Å²) in [5.74, 6) is -2.92. The van der Waals surface area contributed by atoms with E-state index in [2.05, 4.69) is 0 Å². The number of nitrogens with zero attached hydrogens (tertiary/aromatic N) is 1. The Labute approximate surface area is 218 Å². The van der Waals surface area contributed by atoms with E-state index in [1.54, 1.807) is 0 Å². The molecule has 1 heterocycles. The molecule has 0 unspecified atom stereocenters. The van der Waals surface area contributed by atoms with Crippen LogP contribution < -0.4 is 14.4 Å². The van der Waals surface area contributed by atoms with Gasteiger partial charge in [-0.3, -0.25) is 14.9 Å². The molecule has 3 aromatic rings. The van der Waals surface area contributed by atoms with Crippen molar-refractivity contribution >= 4 is 74.5 Å². The summed E-state index contributed by atoms with van der Waals surface area (Å²) in [6.07, 6.45) is 1.11. The number of hydrogen-bond acceptors (Lipinski definition) is 6. The van der Waals surface area contributed by atoms with E-state index < -0.39 is 39.4 Å². The van der Waals surface area contributed by atoms with Gasteiger partial charge < -0.3 is 4.18 Å². The number of halogens is 4. The monoisotopic (exact) mass is 568 g/mol. The molecule has 3 aromatic carbocycles. The molecule has 1 fully saturated rings. The van der Waals surface area contributed by atoms with Crippen molar-refractivity contribution < 1.29 is 31.4 Å². The maximum absolute atomic E-state index is 13.3. The second-order valence-electron chi connectivity index (χ2n) is 7.24. The Morgan fingerprint density at radius 2 is 1.47 bits per heavy atom. The molecule has 1 aliphatic rings. The van der Waals surface area contributed by atoms with Crippen LogP contribution in [0, 0.1) is 5.82 Å². The smallest absolute Gasteiger partial charge is 0.339 e. The van der Waals surface area contributed by atoms with Crippen molar-refractivity contribution in [1.29, 1.82) is 0 Å². The number of hydrogen-bond donors (Lipinski definition) is 1. The van der Waals surface area contributed by atoms with E-state index in [1.165, 1.54) is 48.5 Å². The van der Waals surface area contributed by atoms with Crippen LogP contribution in [0.2, 0.25) is 15.1 Å². The summed E-state index contributed by atoms with van der Waals surface area (Å²) < 4.78 is 43.5. The second kappa shape index (κ2) is 9.90. The van der Waals surface area contributed by atoms with E-state index in [0.29, 0.717) is 9.92 Å². The highest BCUT2D eigenvalue weighted by Gasteiger charge is 2.37. The van der Waals surface area contributed by atoms with Crippen molar-refractivity contribution in [1.82, 2.24) is 5.32 Å². The number of anilines is 1. The Morgan fingerprint density at radius 1 is 0.889 bits per heavy atom. The third kappa shape index (κ3) is 5.21. The lowest BCUT2D eigenvalue weighted by atomic mass is 10.1. The van der Waals surface area contributed by atoms with Crippen LogP contribution in [0.3, 0.4) is 0 Å². The van der Waals surface area contributed by atoms with Crippen LogP contribution in [0.25, 0.3) is 6.08 Å². The predicted molar refractivity (Wildman–Crippen MR) is 131 cm³/mol. The number of barbiturate groups is 1.